The lowest BCUT2D eigenvalue weighted by atomic mass is 10.1. The van der Waals surface area contributed by atoms with Crippen molar-refractivity contribution in [2.75, 3.05) is 6.61 Å². The van der Waals surface area contributed by atoms with E-state index in [-0.39, 0.29) is 5.91 Å². The number of thiocarbonyl (C=S) groups is 1. The van der Waals surface area contributed by atoms with Crippen molar-refractivity contribution in [1.29, 1.82) is 0 Å². The van der Waals surface area contributed by atoms with Crippen LogP contribution in [-0.4, -0.2) is 16.8 Å². The predicted molar refractivity (Wildman–Crippen MR) is 114 cm³/mol. The van der Waals surface area contributed by atoms with Crippen LogP contribution in [0, 0.1) is 6.92 Å². The van der Waals surface area contributed by atoms with E-state index in [2.05, 4.69) is 5.32 Å². The molecule has 0 bridgehead atoms. The quantitative estimate of drug-likeness (QED) is 0.520. The third-order valence-electron chi connectivity index (χ3n) is 3.90. The predicted octanol–water partition coefficient (Wildman–Crippen LogP) is 5.11. The van der Waals surface area contributed by atoms with Gasteiger partial charge in [0.15, 0.2) is 11.5 Å². The number of carbonyl (C=O) groups excluding carboxylic acids is 1. The molecule has 1 aliphatic heterocycles. The summed E-state index contributed by atoms with van der Waals surface area (Å²) in [6, 6.07) is 11.6. The van der Waals surface area contributed by atoms with Crippen LogP contribution in [0.25, 0.3) is 6.08 Å². The fourth-order valence-corrected chi connectivity index (χ4v) is 3.89. The third-order valence-corrected chi connectivity index (χ3v) is 5.35. The summed E-state index contributed by atoms with van der Waals surface area (Å²) >= 11 is 12.7. The van der Waals surface area contributed by atoms with Crippen LogP contribution in [0.5, 0.6) is 11.5 Å². The standard InChI is InChI=1S/C20H18ClNO3S2/c1-3-24-16-9-13(10-17-19(23)22-20(26)27-17)8-15(21)18(16)25-11-14-7-5-4-6-12(14)2/h4-10H,3,11H2,1-2H3,(H,22,23,26)/b17-10-. The van der Waals surface area contributed by atoms with E-state index in [1.807, 2.05) is 44.2 Å². The number of nitrogens with one attached hydrogen (secondary N) is 1. The summed E-state index contributed by atoms with van der Waals surface area (Å²) in [4.78, 5) is 12.4. The van der Waals surface area contributed by atoms with Crippen molar-refractivity contribution in [3.8, 4) is 11.5 Å². The van der Waals surface area contributed by atoms with E-state index in [0.29, 0.717) is 39.0 Å². The minimum Gasteiger partial charge on any atom is -0.490 e. The van der Waals surface area contributed by atoms with E-state index in [1.54, 1.807) is 12.1 Å². The Kier molecular flexibility index (Phi) is 6.42. The Morgan fingerprint density at radius 2 is 2.04 bits per heavy atom. The molecule has 0 aromatic heterocycles. The Labute approximate surface area is 172 Å². The van der Waals surface area contributed by atoms with Gasteiger partial charge in [0.05, 0.1) is 16.5 Å². The molecule has 1 saturated heterocycles. The molecule has 0 saturated carbocycles. The molecule has 2 aromatic rings. The smallest absolute Gasteiger partial charge is 0.263 e. The lowest BCUT2D eigenvalue weighted by Crippen LogP contribution is -2.17. The average Bonchev–Trinajstić information content (AvgIpc) is 2.93. The van der Waals surface area contributed by atoms with E-state index < -0.39 is 0 Å². The number of aryl methyl sites for hydroxylation is 1. The zero-order chi connectivity index (χ0) is 19.4. The summed E-state index contributed by atoms with van der Waals surface area (Å²) in [5.41, 5.74) is 2.97. The highest BCUT2D eigenvalue weighted by Crippen LogP contribution is 2.38. The number of benzene rings is 2. The minimum atomic E-state index is -0.209. The molecule has 1 heterocycles. The van der Waals surface area contributed by atoms with Crippen LogP contribution in [0.1, 0.15) is 23.6 Å². The van der Waals surface area contributed by atoms with E-state index in [1.165, 1.54) is 11.8 Å². The van der Waals surface area contributed by atoms with Gasteiger partial charge in [-0.2, -0.15) is 0 Å². The highest BCUT2D eigenvalue weighted by molar-refractivity contribution is 8.26. The summed E-state index contributed by atoms with van der Waals surface area (Å²) in [5.74, 6) is 0.818. The molecule has 1 fully saturated rings. The molecule has 4 nitrogen and oxygen atoms in total. The molecule has 0 aliphatic carbocycles. The van der Waals surface area contributed by atoms with Crippen molar-refractivity contribution in [1.82, 2.24) is 5.32 Å². The summed E-state index contributed by atoms with van der Waals surface area (Å²) in [6.45, 7) is 4.78. The second kappa shape index (κ2) is 8.78. The first-order chi connectivity index (χ1) is 13.0. The topological polar surface area (TPSA) is 47.6 Å². The van der Waals surface area contributed by atoms with Crippen LogP contribution < -0.4 is 14.8 Å². The SMILES string of the molecule is CCOc1cc(/C=C2\SC(=S)NC2=O)cc(Cl)c1OCc1ccccc1C. The highest BCUT2D eigenvalue weighted by atomic mass is 35.5. The van der Waals surface area contributed by atoms with Gasteiger partial charge in [-0.05, 0) is 48.7 Å². The summed E-state index contributed by atoms with van der Waals surface area (Å²) < 4.78 is 12.1. The molecule has 1 amide bonds. The molecule has 0 spiro atoms. The first-order valence-electron chi connectivity index (χ1n) is 8.36. The molecule has 3 rings (SSSR count). The van der Waals surface area contributed by atoms with Gasteiger partial charge >= 0.3 is 0 Å². The maximum atomic E-state index is 11.9. The Bertz CT molecular complexity index is 927. The van der Waals surface area contributed by atoms with Crippen LogP contribution in [-0.2, 0) is 11.4 Å². The van der Waals surface area contributed by atoms with Crippen molar-refractivity contribution < 1.29 is 14.3 Å². The lowest BCUT2D eigenvalue weighted by Gasteiger charge is -2.15. The van der Waals surface area contributed by atoms with Gasteiger partial charge in [0.1, 0.15) is 10.9 Å². The summed E-state index contributed by atoms with van der Waals surface area (Å²) in [6.07, 6.45) is 1.73. The van der Waals surface area contributed by atoms with E-state index >= 15 is 0 Å². The molecule has 27 heavy (non-hydrogen) atoms. The van der Waals surface area contributed by atoms with Gasteiger partial charge < -0.3 is 14.8 Å². The van der Waals surface area contributed by atoms with Crippen molar-refractivity contribution in [2.45, 2.75) is 20.5 Å². The van der Waals surface area contributed by atoms with Crippen molar-refractivity contribution in [3.63, 3.8) is 0 Å². The third kappa shape index (κ3) is 4.83. The van der Waals surface area contributed by atoms with Gasteiger partial charge in [-0.1, -0.05) is 59.8 Å². The molecular weight excluding hydrogens is 402 g/mol. The fraction of sp³-hybridized carbons (Fsp3) is 0.200. The molecule has 1 aliphatic rings. The number of hydrogen-bond donors (Lipinski definition) is 1. The van der Waals surface area contributed by atoms with E-state index in [9.17, 15) is 4.79 Å². The number of thioether (sulfide) groups is 1. The number of amides is 1. The Hall–Kier alpha value is -2.02. The van der Waals surface area contributed by atoms with E-state index in [4.69, 9.17) is 33.3 Å². The number of rotatable bonds is 6. The monoisotopic (exact) mass is 419 g/mol. The number of hydrogen-bond acceptors (Lipinski definition) is 5. The number of halogens is 1. The molecule has 2 aromatic carbocycles. The van der Waals surface area contributed by atoms with Crippen LogP contribution in [0.4, 0.5) is 0 Å². The van der Waals surface area contributed by atoms with Crippen molar-refractivity contribution in [3.05, 3.63) is 63.0 Å². The van der Waals surface area contributed by atoms with Gasteiger partial charge in [0.25, 0.3) is 5.91 Å². The number of ether oxygens (including phenoxy) is 2. The first-order valence-corrected chi connectivity index (χ1v) is 9.96. The highest BCUT2D eigenvalue weighted by Gasteiger charge is 2.22. The average molecular weight is 420 g/mol. The zero-order valence-electron chi connectivity index (χ0n) is 14.9. The van der Waals surface area contributed by atoms with Crippen molar-refractivity contribution in [2.24, 2.45) is 0 Å². The van der Waals surface area contributed by atoms with Crippen LogP contribution in [0.15, 0.2) is 41.3 Å². The second-order valence-corrected chi connectivity index (χ2v) is 7.96. The minimum absolute atomic E-state index is 0.209. The normalized spacial score (nSPS) is 15.1. The van der Waals surface area contributed by atoms with E-state index in [0.717, 1.165) is 16.7 Å². The maximum Gasteiger partial charge on any atom is 0.263 e. The molecule has 0 unspecified atom stereocenters. The van der Waals surface area contributed by atoms with Gasteiger partial charge in [-0.15, -0.1) is 0 Å². The van der Waals surface area contributed by atoms with Gasteiger partial charge in [-0.3, -0.25) is 4.79 Å². The largest absolute Gasteiger partial charge is 0.490 e. The van der Waals surface area contributed by atoms with Crippen LogP contribution >= 0.6 is 35.6 Å². The lowest BCUT2D eigenvalue weighted by molar-refractivity contribution is -0.115. The molecule has 7 heteroatoms. The Balaban J connectivity index is 1.88. The molecule has 0 atom stereocenters. The number of carbonyl (C=O) groups is 1. The van der Waals surface area contributed by atoms with Gasteiger partial charge in [0, 0.05) is 0 Å². The maximum absolute atomic E-state index is 11.9. The van der Waals surface area contributed by atoms with Gasteiger partial charge in [0.2, 0.25) is 0 Å². The zero-order valence-corrected chi connectivity index (χ0v) is 17.3. The first kappa shape index (κ1) is 19.7. The Morgan fingerprint density at radius 1 is 1.26 bits per heavy atom. The Morgan fingerprint density at radius 3 is 2.70 bits per heavy atom. The van der Waals surface area contributed by atoms with Gasteiger partial charge in [-0.25, -0.2) is 0 Å². The molecule has 140 valence electrons. The molecule has 0 radical (unpaired) electrons. The van der Waals surface area contributed by atoms with Crippen molar-refractivity contribution >= 4 is 51.9 Å². The summed E-state index contributed by atoms with van der Waals surface area (Å²) in [7, 11) is 0. The fourth-order valence-electron chi connectivity index (χ4n) is 2.57. The summed E-state index contributed by atoms with van der Waals surface area (Å²) in [5, 5.41) is 3.02. The van der Waals surface area contributed by atoms with Crippen LogP contribution in [0.2, 0.25) is 5.02 Å². The second-order valence-electron chi connectivity index (χ2n) is 5.83. The van der Waals surface area contributed by atoms with Crippen LogP contribution in [0.3, 0.4) is 0 Å². The molecule has 1 N–H and O–H groups in total. The molecular formula is C20H18ClNO3S2.